The summed E-state index contributed by atoms with van der Waals surface area (Å²) in [5, 5.41) is 16.5. The largest absolute Gasteiger partial charge is 0.466 e. The molecule has 0 bridgehead atoms. The number of aliphatic hydroxyl groups excluding tert-OH is 2. The van der Waals surface area contributed by atoms with Crippen LogP contribution in [-0.4, -0.2) is 62.4 Å². The lowest BCUT2D eigenvalue weighted by atomic mass is 10.5. The third-order valence-electron chi connectivity index (χ3n) is 1.44. The summed E-state index contributed by atoms with van der Waals surface area (Å²) in [4.78, 5) is 10.2. The molecule has 0 saturated carbocycles. The van der Waals surface area contributed by atoms with Gasteiger partial charge < -0.3 is 24.4 Å². The summed E-state index contributed by atoms with van der Waals surface area (Å²) in [6.45, 7) is 5.80. The second-order valence-electron chi connectivity index (χ2n) is 2.83. The molecule has 0 amide bonds. The average molecular weight is 252 g/mol. The summed E-state index contributed by atoms with van der Waals surface area (Å²) < 4.78 is 14.3. The highest BCUT2D eigenvalue weighted by Crippen LogP contribution is 1.80. The van der Waals surface area contributed by atoms with Gasteiger partial charge in [0.25, 0.3) is 0 Å². The van der Waals surface area contributed by atoms with Crippen molar-refractivity contribution in [2.24, 2.45) is 0 Å². The van der Waals surface area contributed by atoms with E-state index >= 15 is 0 Å². The smallest absolute Gasteiger partial charge is 0.305 e. The van der Waals surface area contributed by atoms with Crippen molar-refractivity contribution in [2.75, 3.05) is 46.2 Å². The van der Waals surface area contributed by atoms with E-state index in [1.165, 1.54) is 0 Å². The maximum absolute atomic E-state index is 10.2. The Kier molecular flexibility index (Phi) is 19.4. The molecule has 0 aliphatic heterocycles. The molecule has 0 heterocycles. The molecule has 0 fully saturated rings. The lowest BCUT2D eigenvalue weighted by molar-refractivity contribution is -0.142. The van der Waals surface area contributed by atoms with Crippen LogP contribution in [0.25, 0.3) is 0 Å². The lowest BCUT2D eigenvalue weighted by Gasteiger charge is -2.01. The molecule has 0 saturated heterocycles. The summed E-state index contributed by atoms with van der Waals surface area (Å²) in [5.41, 5.74) is 0. The molecule has 6 nitrogen and oxygen atoms in total. The first kappa shape index (κ1) is 18.7. The Morgan fingerprint density at radius 2 is 1.41 bits per heavy atom. The van der Waals surface area contributed by atoms with Gasteiger partial charge >= 0.3 is 5.97 Å². The van der Waals surface area contributed by atoms with Crippen molar-refractivity contribution in [3.8, 4) is 0 Å². The van der Waals surface area contributed by atoms with Crippen LogP contribution in [0.4, 0.5) is 0 Å². The van der Waals surface area contributed by atoms with Crippen LogP contribution in [0.1, 0.15) is 20.3 Å². The summed E-state index contributed by atoms with van der Waals surface area (Å²) >= 11 is 0. The summed E-state index contributed by atoms with van der Waals surface area (Å²) in [5.74, 6) is -0.123. The maximum atomic E-state index is 10.2. The summed E-state index contributed by atoms with van der Waals surface area (Å²) in [6, 6.07) is 0. The maximum Gasteiger partial charge on any atom is 0.305 e. The second kappa shape index (κ2) is 17.7. The molecule has 0 unspecified atom stereocenters. The Bertz CT molecular complexity index is 143. The number of aliphatic hydroxyl groups is 2. The molecule has 0 spiro atoms. The van der Waals surface area contributed by atoms with Crippen molar-refractivity contribution < 1.29 is 29.2 Å². The standard InChI is InChI=1S/C6H14O4.C5H10O2/c7-1-3-9-5-6-10-4-2-8;1-3-5(6)7-4-2/h7-8H,1-6H2;3-4H2,1-2H3. The number of carbonyl (C=O) groups excluding carboxylic acids is 1. The number of esters is 1. The van der Waals surface area contributed by atoms with E-state index in [1.54, 1.807) is 13.8 Å². The third kappa shape index (κ3) is 21.2. The van der Waals surface area contributed by atoms with Gasteiger partial charge in [0.05, 0.1) is 46.2 Å². The predicted octanol–water partition coefficient (Wildman–Crippen LogP) is -0.0363. The molecule has 0 aromatic rings. The molecular weight excluding hydrogens is 228 g/mol. The summed E-state index contributed by atoms with van der Waals surface area (Å²) in [6.07, 6.45) is 0.480. The monoisotopic (exact) mass is 252 g/mol. The van der Waals surface area contributed by atoms with Crippen LogP contribution >= 0.6 is 0 Å². The van der Waals surface area contributed by atoms with Crippen molar-refractivity contribution >= 4 is 5.97 Å². The van der Waals surface area contributed by atoms with Crippen LogP contribution in [0.2, 0.25) is 0 Å². The molecule has 0 aromatic carbocycles. The molecular formula is C11H24O6. The van der Waals surface area contributed by atoms with E-state index in [2.05, 4.69) is 4.74 Å². The second-order valence-corrected chi connectivity index (χ2v) is 2.83. The molecule has 104 valence electrons. The van der Waals surface area contributed by atoms with Gasteiger partial charge in [0.1, 0.15) is 0 Å². The van der Waals surface area contributed by atoms with Crippen molar-refractivity contribution in [3.05, 3.63) is 0 Å². The highest BCUT2D eigenvalue weighted by molar-refractivity contribution is 5.68. The first-order valence-corrected chi connectivity index (χ1v) is 5.75. The lowest BCUT2D eigenvalue weighted by Crippen LogP contribution is -2.09. The third-order valence-corrected chi connectivity index (χ3v) is 1.44. The van der Waals surface area contributed by atoms with Crippen molar-refractivity contribution in [3.63, 3.8) is 0 Å². The van der Waals surface area contributed by atoms with Gasteiger partial charge in [-0.05, 0) is 6.92 Å². The van der Waals surface area contributed by atoms with Crippen LogP contribution in [0.5, 0.6) is 0 Å². The van der Waals surface area contributed by atoms with Crippen molar-refractivity contribution in [1.82, 2.24) is 0 Å². The molecule has 17 heavy (non-hydrogen) atoms. The number of hydrogen-bond donors (Lipinski definition) is 2. The van der Waals surface area contributed by atoms with E-state index in [1.807, 2.05) is 0 Å². The zero-order valence-electron chi connectivity index (χ0n) is 10.7. The Morgan fingerprint density at radius 3 is 1.65 bits per heavy atom. The van der Waals surface area contributed by atoms with Crippen LogP contribution in [0, 0.1) is 0 Å². The molecule has 0 aliphatic carbocycles. The highest BCUT2D eigenvalue weighted by atomic mass is 16.5. The highest BCUT2D eigenvalue weighted by Gasteiger charge is 1.91. The first-order valence-electron chi connectivity index (χ1n) is 5.75. The van der Waals surface area contributed by atoms with Crippen molar-refractivity contribution in [2.45, 2.75) is 20.3 Å². The Labute approximate surface area is 102 Å². The minimum absolute atomic E-state index is 0.0417. The first-order chi connectivity index (χ1) is 8.22. The predicted molar refractivity (Wildman–Crippen MR) is 62.7 cm³/mol. The van der Waals surface area contributed by atoms with Crippen LogP contribution < -0.4 is 0 Å². The zero-order valence-corrected chi connectivity index (χ0v) is 10.7. The fourth-order valence-electron chi connectivity index (χ4n) is 0.714. The van der Waals surface area contributed by atoms with Gasteiger partial charge in [-0.2, -0.15) is 0 Å². The number of hydrogen-bond acceptors (Lipinski definition) is 6. The summed E-state index contributed by atoms with van der Waals surface area (Å²) in [7, 11) is 0. The van der Waals surface area contributed by atoms with Gasteiger partial charge in [-0.15, -0.1) is 0 Å². The van der Waals surface area contributed by atoms with Gasteiger partial charge in [-0.1, -0.05) is 6.92 Å². The normalized spacial score (nSPS) is 9.41. The fourth-order valence-corrected chi connectivity index (χ4v) is 0.714. The molecule has 0 aliphatic rings. The fraction of sp³-hybridized carbons (Fsp3) is 0.909. The van der Waals surface area contributed by atoms with Gasteiger partial charge in [-0.25, -0.2) is 0 Å². The van der Waals surface area contributed by atoms with E-state index in [4.69, 9.17) is 19.7 Å². The van der Waals surface area contributed by atoms with Crippen LogP contribution in [-0.2, 0) is 19.0 Å². The number of carbonyl (C=O) groups is 1. The van der Waals surface area contributed by atoms with Gasteiger partial charge in [-0.3, -0.25) is 4.79 Å². The molecule has 6 heteroatoms. The molecule has 0 aromatic heterocycles. The average Bonchev–Trinajstić information content (AvgIpc) is 2.35. The van der Waals surface area contributed by atoms with Crippen LogP contribution in [0.3, 0.4) is 0 Å². The molecule has 2 N–H and O–H groups in total. The van der Waals surface area contributed by atoms with E-state index in [0.29, 0.717) is 39.5 Å². The van der Waals surface area contributed by atoms with Gasteiger partial charge in [0, 0.05) is 6.42 Å². The SMILES string of the molecule is CCOC(=O)CC.OCCOCCOCCO. The zero-order chi connectivity index (χ0) is 13.4. The number of rotatable bonds is 9. The van der Waals surface area contributed by atoms with E-state index in [9.17, 15) is 4.79 Å². The van der Waals surface area contributed by atoms with Crippen LogP contribution in [0.15, 0.2) is 0 Å². The molecule has 0 radical (unpaired) electrons. The molecule has 0 atom stereocenters. The minimum Gasteiger partial charge on any atom is -0.466 e. The topological polar surface area (TPSA) is 85.2 Å². The van der Waals surface area contributed by atoms with Gasteiger partial charge in [0.15, 0.2) is 0 Å². The minimum atomic E-state index is -0.123. The molecule has 0 rings (SSSR count). The van der Waals surface area contributed by atoms with E-state index in [-0.39, 0.29) is 19.2 Å². The van der Waals surface area contributed by atoms with E-state index in [0.717, 1.165) is 0 Å². The van der Waals surface area contributed by atoms with Gasteiger partial charge in [0.2, 0.25) is 0 Å². The quantitative estimate of drug-likeness (QED) is 0.442. The Balaban J connectivity index is 0. The van der Waals surface area contributed by atoms with Crippen molar-refractivity contribution in [1.29, 1.82) is 0 Å². The Hall–Kier alpha value is -0.690. The van der Waals surface area contributed by atoms with E-state index < -0.39 is 0 Å². The number of ether oxygens (including phenoxy) is 3. The Morgan fingerprint density at radius 1 is 0.941 bits per heavy atom.